The molecule has 0 bridgehead atoms. The first-order valence-corrected chi connectivity index (χ1v) is 7.44. The molecule has 2 fully saturated rings. The number of halogens is 3. The second kappa shape index (κ2) is 6.33. The zero-order valence-corrected chi connectivity index (χ0v) is 11.8. The fraction of sp³-hybridized carbons (Fsp3) is 0.929. The van der Waals surface area contributed by atoms with E-state index in [1.807, 2.05) is 0 Å². The van der Waals surface area contributed by atoms with Crippen LogP contribution in [-0.2, 0) is 4.79 Å². The van der Waals surface area contributed by atoms with Crippen molar-refractivity contribution in [2.75, 3.05) is 26.2 Å². The lowest BCUT2D eigenvalue weighted by Gasteiger charge is -2.41. The third-order valence-electron chi connectivity index (χ3n) is 4.71. The van der Waals surface area contributed by atoms with Gasteiger partial charge in [0.15, 0.2) is 0 Å². The summed E-state index contributed by atoms with van der Waals surface area (Å²) in [6.45, 7) is 3.01. The zero-order chi connectivity index (χ0) is 14.6. The molecule has 0 aliphatic carbocycles. The number of carbonyl (C=O) groups is 1. The average Bonchev–Trinajstić information content (AvgIpc) is 2.54. The van der Waals surface area contributed by atoms with Crippen LogP contribution in [0.4, 0.5) is 13.2 Å². The minimum absolute atomic E-state index is 0.134. The van der Waals surface area contributed by atoms with Crippen LogP contribution in [0.5, 0.6) is 0 Å². The smallest absolute Gasteiger partial charge is 0.356 e. The van der Waals surface area contributed by atoms with E-state index < -0.39 is 12.6 Å². The fourth-order valence-corrected chi connectivity index (χ4v) is 3.31. The lowest BCUT2D eigenvalue weighted by atomic mass is 9.73. The molecule has 20 heavy (non-hydrogen) atoms. The molecule has 2 aliphatic heterocycles. The summed E-state index contributed by atoms with van der Waals surface area (Å²) in [7, 11) is 0. The molecule has 2 heterocycles. The number of nitrogens with one attached hydrogen (secondary N) is 1. The summed E-state index contributed by atoms with van der Waals surface area (Å²) < 4.78 is 36.4. The molecule has 0 aromatic carbocycles. The van der Waals surface area contributed by atoms with E-state index in [0.717, 1.165) is 45.3 Å². The number of alkyl halides is 3. The van der Waals surface area contributed by atoms with Gasteiger partial charge in [0, 0.05) is 19.4 Å². The average molecular weight is 292 g/mol. The monoisotopic (exact) mass is 292 g/mol. The van der Waals surface area contributed by atoms with Crippen LogP contribution in [0.3, 0.4) is 0 Å². The molecular weight excluding hydrogens is 269 g/mol. The predicted octanol–water partition coefficient (Wildman–Crippen LogP) is 2.71. The second-order valence-corrected chi connectivity index (χ2v) is 6.16. The Balaban J connectivity index is 1.73. The molecule has 0 saturated carbocycles. The highest BCUT2D eigenvalue weighted by molar-refractivity contribution is 5.76. The molecule has 1 spiro atoms. The van der Waals surface area contributed by atoms with Gasteiger partial charge in [0.05, 0.1) is 0 Å². The summed E-state index contributed by atoms with van der Waals surface area (Å²) >= 11 is 0. The third kappa shape index (κ3) is 4.65. The Kier molecular flexibility index (Phi) is 4.94. The van der Waals surface area contributed by atoms with Gasteiger partial charge in [-0.3, -0.25) is 4.79 Å². The number of piperidine rings is 1. The third-order valence-corrected chi connectivity index (χ3v) is 4.71. The van der Waals surface area contributed by atoms with Crippen LogP contribution in [0.1, 0.15) is 44.9 Å². The molecule has 2 saturated heterocycles. The Hall–Kier alpha value is -0.780. The van der Waals surface area contributed by atoms with Gasteiger partial charge in [-0.2, -0.15) is 13.2 Å². The number of nitrogens with zero attached hydrogens (tertiary/aromatic N) is 1. The molecule has 116 valence electrons. The van der Waals surface area contributed by atoms with E-state index in [1.165, 1.54) is 0 Å². The lowest BCUT2D eigenvalue weighted by Crippen LogP contribution is -2.41. The molecule has 1 N–H and O–H groups in total. The first kappa shape index (κ1) is 15.6. The van der Waals surface area contributed by atoms with Gasteiger partial charge >= 0.3 is 6.18 Å². The summed E-state index contributed by atoms with van der Waals surface area (Å²) in [6, 6.07) is 0. The number of carbonyl (C=O) groups excluding carboxylic acids is 1. The molecule has 1 amide bonds. The second-order valence-electron chi connectivity index (χ2n) is 6.16. The maximum absolute atomic E-state index is 12.1. The topological polar surface area (TPSA) is 32.3 Å². The lowest BCUT2D eigenvalue weighted by molar-refractivity contribution is -0.136. The zero-order valence-electron chi connectivity index (χ0n) is 11.8. The van der Waals surface area contributed by atoms with Crippen molar-refractivity contribution in [3.63, 3.8) is 0 Å². The van der Waals surface area contributed by atoms with E-state index in [9.17, 15) is 18.0 Å². The van der Waals surface area contributed by atoms with Gasteiger partial charge < -0.3 is 10.2 Å². The van der Waals surface area contributed by atoms with Crippen LogP contribution in [0.25, 0.3) is 0 Å². The van der Waals surface area contributed by atoms with Crippen LogP contribution in [0.2, 0.25) is 0 Å². The highest BCUT2D eigenvalue weighted by Crippen LogP contribution is 2.40. The Morgan fingerprint density at radius 3 is 2.50 bits per heavy atom. The molecule has 0 aromatic rings. The normalized spacial score (nSPS) is 24.4. The van der Waals surface area contributed by atoms with E-state index in [2.05, 4.69) is 10.2 Å². The summed E-state index contributed by atoms with van der Waals surface area (Å²) in [5.74, 6) is 0.134. The van der Waals surface area contributed by atoms with Crippen molar-refractivity contribution >= 4 is 5.91 Å². The van der Waals surface area contributed by atoms with Crippen molar-refractivity contribution in [1.82, 2.24) is 10.2 Å². The van der Waals surface area contributed by atoms with Crippen molar-refractivity contribution in [3.05, 3.63) is 0 Å². The summed E-state index contributed by atoms with van der Waals surface area (Å²) in [4.78, 5) is 13.5. The molecule has 0 atom stereocenters. The van der Waals surface area contributed by atoms with E-state index in [-0.39, 0.29) is 17.7 Å². The molecule has 0 radical (unpaired) electrons. The SMILES string of the molecule is O=C1CCC2(CCN1)CCN(CCCC(F)(F)F)CC2. The largest absolute Gasteiger partial charge is 0.389 e. The number of likely N-dealkylation sites (tertiary alicyclic amines) is 1. The van der Waals surface area contributed by atoms with Crippen LogP contribution >= 0.6 is 0 Å². The predicted molar refractivity (Wildman–Crippen MR) is 70.3 cm³/mol. The van der Waals surface area contributed by atoms with Crippen molar-refractivity contribution in [2.45, 2.75) is 51.1 Å². The van der Waals surface area contributed by atoms with Crippen LogP contribution < -0.4 is 5.32 Å². The summed E-state index contributed by atoms with van der Waals surface area (Å²) in [6.07, 6.45) is 0.00825. The van der Waals surface area contributed by atoms with Gasteiger partial charge in [-0.05, 0) is 57.2 Å². The molecule has 3 nitrogen and oxygen atoms in total. The van der Waals surface area contributed by atoms with E-state index in [4.69, 9.17) is 0 Å². The number of hydrogen-bond donors (Lipinski definition) is 1. The summed E-state index contributed by atoms with van der Waals surface area (Å²) in [5, 5.41) is 2.90. The Bertz CT molecular complexity index is 336. The maximum Gasteiger partial charge on any atom is 0.389 e. The highest BCUT2D eigenvalue weighted by Gasteiger charge is 2.36. The van der Waals surface area contributed by atoms with Crippen molar-refractivity contribution < 1.29 is 18.0 Å². The summed E-state index contributed by atoms with van der Waals surface area (Å²) in [5.41, 5.74) is 0.236. The minimum atomic E-state index is -4.04. The number of hydrogen-bond acceptors (Lipinski definition) is 2. The fourth-order valence-electron chi connectivity index (χ4n) is 3.31. The van der Waals surface area contributed by atoms with Crippen molar-refractivity contribution in [3.8, 4) is 0 Å². The van der Waals surface area contributed by atoms with Gasteiger partial charge in [0.2, 0.25) is 5.91 Å². The standard InChI is InChI=1S/C14H23F3N2O/c15-14(16,17)3-1-9-19-10-6-13(7-11-19)4-2-12(20)18-8-5-13/h1-11H2,(H,18,20). The molecule has 0 aromatic heterocycles. The van der Waals surface area contributed by atoms with Crippen molar-refractivity contribution in [2.24, 2.45) is 5.41 Å². The maximum atomic E-state index is 12.1. The molecular formula is C14H23F3N2O. The molecule has 0 unspecified atom stereocenters. The quantitative estimate of drug-likeness (QED) is 0.867. The number of amides is 1. The van der Waals surface area contributed by atoms with Crippen LogP contribution in [0.15, 0.2) is 0 Å². The van der Waals surface area contributed by atoms with Crippen LogP contribution in [-0.4, -0.2) is 43.2 Å². The number of rotatable bonds is 3. The van der Waals surface area contributed by atoms with Gasteiger partial charge in [-0.15, -0.1) is 0 Å². The van der Waals surface area contributed by atoms with Gasteiger partial charge in [-0.1, -0.05) is 0 Å². The van der Waals surface area contributed by atoms with Gasteiger partial charge in [0.25, 0.3) is 0 Å². The molecule has 6 heteroatoms. The van der Waals surface area contributed by atoms with E-state index in [0.29, 0.717) is 13.0 Å². The van der Waals surface area contributed by atoms with Crippen molar-refractivity contribution in [1.29, 1.82) is 0 Å². The Labute approximate surface area is 117 Å². The first-order chi connectivity index (χ1) is 9.39. The minimum Gasteiger partial charge on any atom is -0.356 e. The first-order valence-electron chi connectivity index (χ1n) is 7.44. The van der Waals surface area contributed by atoms with Gasteiger partial charge in [-0.25, -0.2) is 0 Å². The van der Waals surface area contributed by atoms with Crippen LogP contribution in [0, 0.1) is 5.41 Å². The highest BCUT2D eigenvalue weighted by atomic mass is 19.4. The molecule has 2 aliphatic rings. The van der Waals surface area contributed by atoms with Gasteiger partial charge in [0.1, 0.15) is 0 Å². The Morgan fingerprint density at radius 1 is 1.15 bits per heavy atom. The molecule has 2 rings (SSSR count). The Morgan fingerprint density at radius 2 is 1.85 bits per heavy atom. The van der Waals surface area contributed by atoms with E-state index in [1.54, 1.807) is 0 Å². The van der Waals surface area contributed by atoms with E-state index >= 15 is 0 Å².